The van der Waals surface area contributed by atoms with Gasteiger partial charge in [-0.2, -0.15) is 0 Å². The van der Waals surface area contributed by atoms with Crippen LogP contribution in [-0.4, -0.2) is 38.3 Å². The van der Waals surface area contributed by atoms with Gasteiger partial charge in [0.25, 0.3) is 0 Å². The largest absolute Gasteiger partial charge is 0.376 e. The number of rotatable bonds is 7. The number of nitrogens with one attached hydrogen (secondary N) is 2. The normalized spacial score (nSPS) is 21.7. The van der Waals surface area contributed by atoms with Crippen LogP contribution in [0.15, 0.2) is 0 Å². The summed E-state index contributed by atoms with van der Waals surface area (Å²) in [6, 6.07) is 0. The van der Waals surface area contributed by atoms with Crippen molar-refractivity contribution in [3.05, 3.63) is 0 Å². The van der Waals surface area contributed by atoms with E-state index in [9.17, 15) is 4.79 Å². The highest BCUT2D eigenvalue weighted by Gasteiger charge is 2.16. The molecule has 1 saturated carbocycles. The first-order valence-electron chi connectivity index (χ1n) is 7.93. The Bertz CT molecular complexity index is 259. The van der Waals surface area contributed by atoms with E-state index in [0.29, 0.717) is 25.7 Å². The summed E-state index contributed by atoms with van der Waals surface area (Å²) in [5.41, 5.74) is 0. The van der Waals surface area contributed by atoms with Gasteiger partial charge in [0, 0.05) is 13.0 Å². The van der Waals surface area contributed by atoms with Crippen LogP contribution in [0, 0.1) is 5.92 Å². The molecule has 0 radical (unpaired) electrons. The third kappa shape index (κ3) is 5.91. The van der Waals surface area contributed by atoms with Crippen molar-refractivity contribution in [2.45, 2.75) is 57.5 Å². The van der Waals surface area contributed by atoms with E-state index >= 15 is 0 Å². The molecule has 2 fully saturated rings. The zero-order valence-corrected chi connectivity index (χ0v) is 12.0. The predicted octanol–water partition coefficient (Wildman–Crippen LogP) is 1.84. The van der Waals surface area contributed by atoms with E-state index in [1.165, 1.54) is 38.5 Å². The molecule has 2 rings (SSSR count). The summed E-state index contributed by atoms with van der Waals surface area (Å²) in [5, 5.41) is 6.32. The molecule has 110 valence electrons. The second-order valence-corrected chi connectivity index (χ2v) is 5.86. The van der Waals surface area contributed by atoms with E-state index < -0.39 is 0 Å². The van der Waals surface area contributed by atoms with Gasteiger partial charge < -0.3 is 15.4 Å². The zero-order valence-electron chi connectivity index (χ0n) is 12.0. The molecule has 4 heteroatoms. The van der Waals surface area contributed by atoms with Crippen LogP contribution >= 0.6 is 0 Å². The Morgan fingerprint density at radius 1 is 1.16 bits per heavy atom. The molecule has 2 aliphatic rings. The fraction of sp³-hybridized carbons (Fsp3) is 0.933. The molecule has 2 N–H and O–H groups in total. The average Bonchev–Trinajstić information content (AvgIpc) is 2.96. The van der Waals surface area contributed by atoms with E-state index in [4.69, 9.17) is 4.74 Å². The number of carbonyl (C=O) groups excluding carboxylic acids is 1. The quantitative estimate of drug-likeness (QED) is 0.693. The van der Waals surface area contributed by atoms with Crippen molar-refractivity contribution in [3.63, 3.8) is 0 Å². The average molecular weight is 268 g/mol. The molecular formula is C15H28N2O2. The van der Waals surface area contributed by atoms with E-state index in [1.54, 1.807) is 0 Å². The molecule has 0 aromatic carbocycles. The predicted molar refractivity (Wildman–Crippen MR) is 76.0 cm³/mol. The molecule has 19 heavy (non-hydrogen) atoms. The Labute approximate surface area is 116 Å². The van der Waals surface area contributed by atoms with Crippen LogP contribution in [0.3, 0.4) is 0 Å². The molecule has 4 nitrogen and oxygen atoms in total. The van der Waals surface area contributed by atoms with Crippen LogP contribution in [0.25, 0.3) is 0 Å². The minimum Gasteiger partial charge on any atom is -0.376 e. The van der Waals surface area contributed by atoms with E-state index in [0.717, 1.165) is 25.4 Å². The fourth-order valence-electron chi connectivity index (χ4n) is 3.07. The minimum absolute atomic E-state index is 0.188. The van der Waals surface area contributed by atoms with Crippen molar-refractivity contribution >= 4 is 5.91 Å². The summed E-state index contributed by atoms with van der Waals surface area (Å²) < 4.78 is 5.72. The van der Waals surface area contributed by atoms with Crippen molar-refractivity contribution < 1.29 is 9.53 Å². The van der Waals surface area contributed by atoms with Crippen LogP contribution in [-0.2, 0) is 9.53 Å². The van der Waals surface area contributed by atoms with Crippen LogP contribution in [0.5, 0.6) is 0 Å². The summed E-state index contributed by atoms with van der Waals surface area (Å²) >= 11 is 0. The van der Waals surface area contributed by atoms with E-state index in [1.807, 2.05) is 0 Å². The van der Waals surface area contributed by atoms with Gasteiger partial charge in [-0.25, -0.2) is 0 Å². The third-order valence-corrected chi connectivity index (χ3v) is 4.32. The number of hydrogen-bond donors (Lipinski definition) is 2. The van der Waals surface area contributed by atoms with Crippen molar-refractivity contribution in [1.29, 1.82) is 0 Å². The van der Waals surface area contributed by atoms with Gasteiger partial charge in [-0.15, -0.1) is 0 Å². The minimum atomic E-state index is 0.188. The van der Waals surface area contributed by atoms with Crippen molar-refractivity contribution in [2.75, 3.05) is 26.2 Å². The van der Waals surface area contributed by atoms with Crippen LogP contribution in [0.2, 0.25) is 0 Å². The van der Waals surface area contributed by atoms with Gasteiger partial charge in [0.15, 0.2) is 0 Å². The SMILES string of the molecule is O=C(CCC1CCNCC1)NCCOC1CCCC1. The monoisotopic (exact) mass is 268 g/mol. The Hall–Kier alpha value is -0.610. The van der Waals surface area contributed by atoms with Gasteiger partial charge in [0.05, 0.1) is 12.7 Å². The number of piperidine rings is 1. The van der Waals surface area contributed by atoms with Crippen LogP contribution in [0.1, 0.15) is 51.4 Å². The van der Waals surface area contributed by atoms with Gasteiger partial charge in [0.1, 0.15) is 0 Å². The second kappa shape index (κ2) is 8.54. The highest BCUT2D eigenvalue weighted by atomic mass is 16.5. The smallest absolute Gasteiger partial charge is 0.220 e. The van der Waals surface area contributed by atoms with E-state index in [-0.39, 0.29) is 5.91 Å². The van der Waals surface area contributed by atoms with Crippen molar-refractivity contribution in [1.82, 2.24) is 10.6 Å². The number of hydrogen-bond acceptors (Lipinski definition) is 3. The maximum atomic E-state index is 11.7. The topological polar surface area (TPSA) is 50.4 Å². The maximum absolute atomic E-state index is 11.7. The van der Waals surface area contributed by atoms with Gasteiger partial charge in [0.2, 0.25) is 5.91 Å². The molecule has 1 saturated heterocycles. The second-order valence-electron chi connectivity index (χ2n) is 5.86. The molecule has 1 aliphatic carbocycles. The molecular weight excluding hydrogens is 240 g/mol. The lowest BCUT2D eigenvalue weighted by molar-refractivity contribution is -0.121. The molecule has 0 unspecified atom stereocenters. The van der Waals surface area contributed by atoms with Gasteiger partial charge >= 0.3 is 0 Å². The molecule has 0 aromatic rings. The Balaban J connectivity index is 1.45. The van der Waals surface area contributed by atoms with Crippen molar-refractivity contribution in [3.8, 4) is 0 Å². The molecule has 0 spiro atoms. The molecule has 1 aliphatic heterocycles. The molecule has 1 amide bonds. The van der Waals surface area contributed by atoms with Crippen LogP contribution < -0.4 is 10.6 Å². The lowest BCUT2D eigenvalue weighted by atomic mass is 9.93. The summed E-state index contributed by atoms with van der Waals surface area (Å²) in [6.07, 6.45) is 9.60. The van der Waals surface area contributed by atoms with Crippen LogP contribution in [0.4, 0.5) is 0 Å². The molecule has 0 atom stereocenters. The number of ether oxygens (including phenoxy) is 1. The standard InChI is InChI=1S/C15H28N2O2/c18-15(6-5-13-7-9-16-10-8-13)17-11-12-19-14-3-1-2-4-14/h13-14,16H,1-12H2,(H,17,18). The number of carbonyl (C=O) groups is 1. The highest BCUT2D eigenvalue weighted by molar-refractivity contribution is 5.75. The maximum Gasteiger partial charge on any atom is 0.220 e. The summed E-state index contributed by atoms with van der Waals surface area (Å²) in [4.78, 5) is 11.7. The lowest BCUT2D eigenvalue weighted by Gasteiger charge is -2.22. The van der Waals surface area contributed by atoms with Crippen molar-refractivity contribution in [2.24, 2.45) is 5.92 Å². The van der Waals surface area contributed by atoms with Gasteiger partial charge in [-0.1, -0.05) is 12.8 Å². The highest BCUT2D eigenvalue weighted by Crippen LogP contribution is 2.20. The Morgan fingerprint density at radius 3 is 2.63 bits per heavy atom. The summed E-state index contributed by atoms with van der Waals surface area (Å²) in [6.45, 7) is 3.56. The first-order valence-corrected chi connectivity index (χ1v) is 7.93. The molecule has 0 aromatic heterocycles. The Kier molecular flexibility index (Phi) is 6.65. The zero-order chi connectivity index (χ0) is 13.3. The first-order chi connectivity index (χ1) is 9.34. The third-order valence-electron chi connectivity index (χ3n) is 4.32. The van der Waals surface area contributed by atoms with Gasteiger partial charge in [-0.3, -0.25) is 4.79 Å². The summed E-state index contributed by atoms with van der Waals surface area (Å²) in [5.74, 6) is 0.926. The molecule has 1 heterocycles. The fourth-order valence-corrected chi connectivity index (χ4v) is 3.07. The number of amides is 1. The summed E-state index contributed by atoms with van der Waals surface area (Å²) in [7, 11) is 0. The Morgan fingerprint density at radius 2 is 1.89 bits per heavy atom. The first kappa shape index (κ1) is 14.8. The lowest BCUT2D eigenvalue weighted by Crippen LogP contribution is -2.31. The van der Waals surface area contributed by atoms with Gasteiger partial charge in [-0.05, 0) is 51.1 Å². The molecule has 0 bridgehead atoms. The van der Waals surface area contributed by atoms with E-state index in [2.05, 4.69) is 10.6 Å².